The van der Waals surface area contributed by atoms with Crippen molar-refractivity contribution in [2.45, 2.75) is 19.3 Å². The summed E-state index contributed by atoms with van der Waals surface area (Å²) >= 11 is 0. The Labute approximate surface area is 172 Å². The van der Waals surface area contributed by atoms with Crippen molar-refractivity contribution >= 4 is 17.7 Å². The molecule has 7 nitrogen and oxygen atoms in total. The predicted molar refractivity (Wildman–Crippen MR) is 109 cm³/mol. The van der Waals surface area contributed by atoms with E-state index >= 15 is 0 Å². The first-order valence-corrected chi connectivity index (χ1v) is 10.5. The summed E-state index contributed by atoms with van der Waals surface area (Å²) in [5, 5.41) is 2.83. The molecule has 0 spiro atoms. The van der Waals surface area contributed by atoms with E-state index in [1.165, 1.54) is 0 Å². The maximum absolute atomic E-state index is 13.5. The maximum atomic E-state index is 13.5. The number of hydrogen-bond acceptors (Lipinski definition) is 4. The molecule has 1 unspecified atom stereocenters. The summed E-state index contributed by atoms with van der Waals surface area (Å²) in [4.78, 5) is 44.2. The zero-order valence-electron chi connectivity index (χ0n) is 17.1. The van der Waals surface area contributed by atoms with Crippen LogP contribution in [0.1, 0.15) is 18.4 Å². The smallest absolute Gasteiger partial charge is 0.239 e. The average Bonchev–Trinajstić information content (AvgIpc) is 3.00. The van der Waals surface area contributed by atoms with E-state index in [1.807, 2.05) is 42.3 Å². The summed E-state index contributed by atoms with van der Waals surface area (Å²) in [5.74, 6) is 0.103. The lowest BCUT2D eigenvalue weighted by atomic mass is 9.72. The monoisotopic (exact) mass is 398 g/mol. The summed E-state index contributed by atoms with van der Waals surface area (Å²) in [5.41, 5.74) is 0.458. The van der Waals surface area contributed by atoms with Gasteiger partial charge in [-0.15, -0.1) is 0 Å². The van der Waals surface area contributed by atoms with E-state index in [9.17, 15) is 14.4 Å². The molecule has 3 aliphatic rings. The molecule has 29 heavy (non-hydrogen) atoms. The van der Waals surface area contributed by atoms with Crippen LogP contribution in [0.4, 0.5) is 0 Å². The van der Waals surface area contributed by atoms with Crippen molar-refractivity contribution in [1.29, 1.82) is 0 Å². The first-order valence-electron chi connectivity index (χ1n) is 10.5. The van der Waals surface area contributed by atoms with Gasteiger partial charge in [-0.3, -0.25) is 14.4 Å². The van der Waals surface area contributed by atoms with E-state index in [4.69, 9.17) is 0 Å². The number of rotatable bonds is 4. The Hall–Kier alpha value is -2.41. The fourth-order valence-corrected chi connectivity index (χ4v) is 4.86. The average molecular weight is 399 g/mol. The Bertz CT molecular complexity index is 776. The molecule has 3 fully saturated rings. The van der Waals surface area contributed by atoms with Gasteiger partial charge in [0.1, 0.15) is 0 Å². The molecule has 3 heterocycles. The zero-order valence-corrected chi connectivity index (χ0v) is 17.1. The minimum Gasteiger partial charge on any atom is -0.354 e. The number of amides is 3. The van der Waals surface area contributed by atoms with Gasteiger partial charge in [0.05, 0.1) is 17.9 Å². The number of benzene rings is 1. The van der Waals surface area contributed by atoms with Gasteiger partial charge in [0.15, 0.2) is 0 Å². The molecule has 1 aromatic carbocycles. The Kier molecular flexibility index (Phi) is 5.58. The van der Waals surface area contributed by atoms with Gasteiger partial charge in [-0.25, -0.2) is 0 Å². The normalized spacial score (nSPS) is 24.6. The molecular weight excluding hydrogens is 368 g/mol. The number of nitrogens with one attached hydrogen (secondary N) is 1. The quantitative estimate of drug-likeness (QED) is 0.795. The molecule has 4 rings (SSSR count). The Morgan fingerprint density at radius 3 is 2.59 bits per heavy atom. The molecule has 0 aliphatic carbocycles. The summed E-state index contributed by atoms with van der Waals surface area (Å²) in [6.45, 7) is 3.92. The van der Waals surface area contributed by atoms with Gasteiger partial charge < -0.3 is 20.0 Å². The topological polar surface area (TPSA) is 73.0 Å². The molecule has 156 valence electrons. The third kappa shape index (κ3) is 4.15. The van der Waals surface area contributed by atoms with E-state index < -0.39 is 5.41 Å². The third-order valence-electron chi connectivity index (χ3n) is 6.43. The maximum Gasteiger partial charge on any atom is 0.239 e. The van der Waals surface area contributed by atoms with Gasteiger partial charge in [0.25, 0.3) is 0 Å². The van der Waals surface area contributed by atoms with E-state index in [-0.39, 0.29) is 30.2 Å². The van der Waals surface area contributed by atoms with E-state index in [1.54, 1.807) is 4.90 Å². The first-order chi connectivity index (χ1) is 14.0. The number of hydrogen-bond donors (Lipinski definition) is 1. The third-order valence-corrected chi connectivity index (χ3v) is 6.43. The van der Waals surface area contributed by atoms with Crippen LogP contribution in [-0.2, 0) is 20.8 Å². The first kappa shape index (κ1) is 19.9. The Balaban J connectivity index is 1.51. The molecule has 0 aromatic heterocycles. The van der Waals surface area contributed by atoms with Gasteiger partial charge >= 0.3 is 0 Å². The molecule has 0 radical (unpaired) electrons. The summed E-state index contributed by atoms with van der Waals surface area (Å²) in [6, 6.07) is 9.97. The van der Waals surface area contributed by atoms with E-state index in [0.29, 0.717) is 32.6 Å². The minimum absolute atomic E-state index is 0.00555. The molecule has 3 saturated heterocycles. The number of carbonyl (C=O) groups is 3. The van der Waals surface area contributed by atoms with Crippen molar-refractivity contribution in [1.82, 2.24) is 20.0 Å². The van der Waals surface area contributed by atoms with Gasteiger partial charge in [-0.1, -0.05) is 30.3 Å². The predicted octanol–water partition coefficient (Wildman–Crippen LogP) is 0.358. The number of nitrogens with zero attached hydrogens (tertiary/aromatic N) is 3. The van der Waals surface area contributed by atoms with Crippen LogP contribution < -0.4 is 5.32 Å². The van der Waals surface area contributed by atoms with Gasteiger partial charge in [-0.2, -0.15) is 0 Å². The van der Waals surface area contributed by atoms with Crippen LogP contribution in [0.3, 0.4) is 0 Å². The second-order valence-electron chi connectivity index (χ2n) is 8.82. The SMILES string of the molecule is CN1CCC(C(=O)N2CC(Cc3ccccc3)(C(=O)N3CCCNC(=O)C3)C2)C1. The number of likely N-dealkylation sites (tertiary alicyclic amines) is 2. The van der Waals surface area contributed by atoms with Crippen molar-refractivity contribution in [3.8, 4) is 0 Å². The van der Waals surface area contributed by atoms with Crippen LogP contribution in [-0.4, -0.2) is 85.3 Å². The molecule has 0 bridgehead atoms. The van der Waals surface area contributed by atoms with E-state index in [0.717, 1.165) is 31.5 Å². The van der Waals surface area contributed by atoms with Crippen LogP contribution in [0.2, 0.25) is 0 Å². The van der Waals surface area contributed by atoms with Crippen LogP contribution >= 0.6 is 0 Å². The highest BCUT2D eigenvalue weighted by Gasteiger charge is 2.53. The van der Waals surface area contributed by atoms with Crippen molar-refractivity contribution in [3.63, 3.8) is 0 Å². The largest absolute Gasteiger partial charge is 0.354 e. The van der Waals surface area contributed by atoms with Gasteiger partial charge in [0, 0.05) is 32.7 Å². The molecule has 1 atom stereocenters. The van der Waals surface area contributed by atoms with Crippen LogP contribution in [0.25, 0.3) is 0 Å². The van der Waals surface area contributed by atoms with Crippen LogP contribution in [0.15, 0.2) is 30.3 Å². The molecule has 3 aliphatic heterocycles. The zero-order chi connectivity index (χ0) is 20.4. The van der Waals surface area contributed by atoms with E-state index in [2.05, 4.69) is 10.2 Å². The van der Waals surface area contributed by atoms with Crippen molar-refractivity contribution in [3.05, 3.63) is 35.9 Å². The highest BCUT2D eigenvalue weighted by atomic mass is 16.2. The second kappa shape index (κ2) is 8.14. The van der Waals surface area contributed by atoms with Crippen LogP contribution in [0, 0.1) is 11.3 Å². The fraction of sp³-hybridized carbons (Fsp3) is 0.591. The number of carbonyl (C=O) groups excluding carboxylic acids is 3. The fourth-order valence-electron chi connectivity index (χ4n) is 4.86. The highest BCUT2D eigenvalue weighted by molar-refractivity contribution is 5.91. The van der Waals surface area contributed by atoms with Gasteiger partial charge in [-0.05, 0) is 38.4 Å². The molecule has 1 aromatic rings. The van der Waals surface area contributed by atoms with Crippen molar-refractivity contribution in [2.75, 3.05) is 52.9 Å². The molecule has 1 N–H and O–H groups in total. The molecule has 7 heteroatoms. The Morgan fingerprint density at radius 2 is 1.90 bits per heavy atom. The lowest BCUT2D eigenvalue weighted by molar-refractivity contribution is -0.163. The lowest BCUT2D eigenvalue weighted by Crippen LogP contribution is -2.67. The lowest BCUT2D eigenvalue weighted by Gasteiger charge is -2.51. The van der Waals surface area contributed by atoms with Crippen molar-refractivity contribution in [2.24, 2.45) is 11.3 Å². The molecular formula is C22H30N4O3. The summed E-state index contributed by atoms with van der Waals surface area (Å²) in [7, 11) is 2.04. The standard InChI is InChI=1S/C22H30N4O3/c1-24-11-8-18(13-24)20(28)26-15-22(16-26,12-17-6-3-2-4-7-17)21(29)25-10-5-9-23-19(27)14-25/h2-4,6-7,18H,5,8-16H2,1H3,(H,23,27). The van der Waals surface area contributed by atoms with Gasteiger partial charge in [0.2, 0.25) is 17.7 Å². The van der Waals surface area contributed by atoms with Crippen molar-refractivity contribution < 1.29 is 14.4 Å². The molecule has 3 amide bonds. The summed E-state index contributed by atoms with van der Waals surface area (Å²) < 4.78 is 0. The highest BCUT2D eigenvalue weighted by Crippen LogP contribution is 2.38. The van der Waals surface area contributed by atoms with Crippen LogP contribution in [0.5, 0.6) is 0 Å². The Morgan fingerprint density at radius 1 is 1.14 bits per heavy atom. The molecule has 0 saturated carbocycles. The second-order valence-corrected chi connectivity index (χ2v) is 8.82. The summed E-state index contributed by atoms with van der Waals surface area (Å²) in [6.07, 6.45) is 2.24. The minimum atomic E-state index is -0.633.